The lowest BCUT2D eigenvalue weighted by atomic mass is 9.93. The molecule has 1 aromatic carbocycles. The van der Waals surface area contributed by atoms with Crippen LogP contribution in [0.15, 0.2) is 42.6 Å². The third-order valence-corrected chi connectivity index (χ3v) is 4.03. The van der Waals surface area contributed by atoms with Gasteiger partial charge in [0.2, 0.25) is 0 Å². The summed E-state index contributed by atoms with van der Waals surface area (Å²) in [5, 5.41) is 3.22. The monoisotopic (exact) mass is 428 g/mol. The Morgan fingerprint density at radius 2 is 1.86 bits per heavy atom. The van der Waals surface area contributed by atoms with Gasteiger partial charge in [-0.15, -0.1) is 24.8 Å². The van der Waals surface area contributed by atoms with Crippen molar-refractivity contribution in [3.8, 4) is 5.75 Å². The van der Waals surface area contributed by atoms with Crippen molar-refractivity contribution in [2.75, 3.05) is 32.1 Å². The normalized spacial score (nSPS) is 10.3. The number of halogens is 2. The first-order valence-electron chi connectivity index (χ1n) is 8.76. The third kappa shape index (κ3) is 7.19. The lowest BCUT2D eigenvalue weighted by Gasteiger charge is -2.29. The van der Waals surface area contributed by atoms with E-state index in [9.17, 15) is 4.79 Å². The van der Waals surface area contributed by atoms with Crippen molar-refractivity contribution in [1.29, 1.82) is 0 Å². The number of amides is 1. The molecule has 1 aromatic heterocycles. The summed E-state index contributed by atoms with van der Waals surface area (Å²) in [5.74, 6) is 1.24. The van der Waals surface area contributed by atoms with Crippen LogP contribution in [0.25, 0.3) is 0 Å². The molecule has 1 amide bonds. The van der Waals surface area contributed by atoms with Gasteiger partial charge in [0.05, 0.1) is 12.2 Å². The molecule has 0 aliphatic carbocycles. The number of hydrogen-bond donors (Lipinski definition) is 2. The molecule has 0 spiro atoms. The first kappa shape index (κ1) is 26.0. The Morgan fingerprint density at radius 1 is 1.21 bits per heavy atom. The summed E-state index contributed by atoms with van der Waals surface area (Å²) in [5.41, 5.74) is 7.01. The van der Waals surface area contributed by atoms with E-state index >= 15 is 0 Å². The number of hydrogen-bond acceptors (Lipinski definition) is 5. The maximum Gasteiger partial charge on any atom is 0.257 e. The van der Waals surface area contributed by atoms with Crippen molar-refractivity contribution in [1.82, 2.24) is 9.88 Å². The van der Waals surface area contributed by atoms with Gasteiger partial charge in [0.25, 0.3) is 5.91 Å². The minimum absolute atomic E-state index is 0. The quantitative estimate of drug-likeness (QED) is 0.660. The van der Waals surface area contributed by atoms with Crippen molar-refractivity contribution in [2.45, 2.75) is 20.8 Å². The Labute approximate surface area is 179 Å². The highest BCUT2D eigenvalue weighted by Crippen LogP contribution is 2.23. The second kappa shape index (κ2) is 11.7. The molecular weight excluding hydrogens is 399 g/mol. The summed E-state index contributed by atoms with van der Waals surface area (Å²) >= 11 is 0. The number of rotatable bonds is 8. The van der Waals surface area contributed by atoms with E-state index in [2.05, 4.69) is 10.3 Å². The molecule has 0 aliphatic heterocycles. The fourth-order valence-corrected chi connectivity index (χ4v) is 2.60. The zero-order valence-corrected chi connectivity index (χ0v) is 18.4. The van der Waals surface area contributed by atoms with Crippen LogP contribution < -0.4 is 15.8 Å². The molecule has 0 unspecified atom stereocenters. The number of nitrogens with two attached hydrogens (primary N) is 1. The highest BCUT2D eigenvalue weighted by atomic mass is 35.5. The molecule has 6 nitrogen and oxygen atoms in total. The van der Waals surface area contributed by atoms with Gasteiger partial charge in [0.1, 0.15) is 11.6 Å². The van der Waals surface area contributed by atoms with E-state index in [4.69, 9.17) is 10.5 Å². The van der Waals surface area contributed by atoms with Crippen LogP contribution in [-0.4, -0.2) is 42.5 Å². The highest BCUT2D eigenvalue weighted by molar-refractivity contribution is 5.99. The fourth-order valence-electron chi connectivity index (χ4n) is 2.60. The van der Waals surface area contributed by atoms with Gasteiger partial charge in [-0.05, 0) is 55.3 Å². The molecule has 0 fully saturated rings. The number of carbonyl (C=O) groups excluding carboxylic acids is 1. The predicted octanol–water partition coefficient (Wildman–Crippen LogP) is 4.12. The minimum Gasteiger partial charge on any atom is -0.494 e. The van der Waals surface area contributed by atoms with E-state index in [1.807, 2.05) is 45.0 Å². The molecule has 8 heteroatoms. The number of aromatic nitrogens is 1. The number of nitrogens with one attached hydrogen (secondary N) is 1. The molecule has 0 aliphatic rings. The molecule has 0 saturated carbocycles. The van der Waals surface area contributed by atoms with E-state index in [-0.39, 0.29) is 36.1 Å². The summed E-state index contributed by atoms with van der Waals surface area (Å²) in [6.45, 7) is 7.73. The van der Waals surface area contributed by atoms with E-state index < -0.39 is 0 Å². The van der Waals surface area contributed by atoms with Crippen LogP contribution in [0.2, 0.25) is 0 Å². The first-order chi connectivity index (χ1) is 12.4. The summed E-state index contributed by atoms with van der Waals surface area (Å²) in [4.78, 5) is 18.9. The van der Waals surface area contributed by atoms with Gasteiger partial charge >= 0.3 is 0 Å². The maximum atomic E-state index is 12.9. The van der Waals surface area contributed by atoms with E-state index in [0.717, 1.165) is 11.4 Å². The Kier molecular flexibility index (Phi) is 10.9. The molecule has 1 heterocycles. The smallest absolute Gasteiger partial charge is 0.257 e. The lowest BCUT2D eigenvalue weighted by molar-refractivity contribution is 0.0741. The van der Waals surface area contributed by atoms with Crippen LogP contribution in [0.1, 0.15) is 31.1 Å². The first-order valence-corrected chi connectivity index (χ1v) is 8.76. The Balaban J connectivity index is 0.00000364. The summed E-state index contributed by atoms with van der Waals surface area (Å²) < 4.78 is 5.45. The standard InChI is InChI=1S/C20H28N4O2.2ClH/c1-5-26-16-10-8-15(9-11-16)23-18-17(7-6-12-22-18)19(25)24(4)14-20(2,3)13-21;;/h6-12H,5,13-14,21H2,1-4H3,(H,22,23);2*1H. The zero-order chi connectivity index (χ0) is 19.2. The molecule has 0 atom stereocenters. The zero-order valence-electron chi connectivity index (χ0n) is 16.8. The second-order valence-electron chi connectivity index (χ2n) is 7.01. The van der Waals surface area contributed by atoms with Crippen LogP contribution in [0.4, 0.5) is 11.5 Å². The van der Waals surface area contributed by atoms with Gasteiger partial charge in [-0.1, -0.05) is 13.8 Å². The fraction of sp³-hybridized carbons (Fsp3) is 0.400. The molecule has 28 heavy (non-hydrogen) atoms. The number of ether oxygens (including phenoxy) is 1. The van der Waals surface area contributed by atoms with Crippen LogP contribution in [0.3, 0.4) is 0 Å². The average molecular weight is 429 g/mol. The largest absolute Gasteiger partial charge is 0.494 e. The third-order valence-electron chi connectivity index (χ3n) is 4.03. The predicted molar refractivity (Wildman–Crippen MR) is 119 cm³/mol. The number of anilines is 2. The van der Waals surface area contributed by atoms with E-state index in [1.54, 1.807) is 30.3 Å². The van der Waals surface area contributed by atoms with Crippen molar-refractivity contribution in [2.24, 2.45) is 11.1 Å². The number of benzene rings is 1. The summed E-state index contributed by atoms with van der Waals surface area (Å²) in [6, 6.07) is 11.1. The molecule has 3 N–H and O–H groups in total. The highest BCUT2D eigenvalue weighted by Gasteiger charge is 2.23. The maximum absolute atomic E-state index is 12.9. The van der Waals surface area contributed by atoms with Crippen LogP contribution in [-0.2, 0) is 0 Å². The van der Waals surface area contributed by atoms with Crippen molar-refractivity contribution >= 4 is 42.2 Å². The molecule has 0 saturated heterocycles. The number of pyridine rings is 1. The molecule has 2 aromatic rings. The van der Waals surface area contributed by atoms with Gasteiger partial charge in [0, 0.05) is 25.5 Å². The Morgan fingerprint density at radius 3 is 2.43 bits per heavy atom. The molecule has 2 rings (SSSR count). The number of nitrogens with zero attached hydrogens (tertiary/aromatic N) is 2. The van der Waals surface area contributed by atoms with Gasteiger partial charge in [0.15, 0.2) is 0 Å². The van der Waals surface area contributed by atoms with E-state index in [0.29, 0.717) is 31.1 Å². The van der Waals surface area contributed by atoms with Crippen LogP contribution in [0, 0.1) is 5.41 Å². The van der Waals surface area contributed by atoms with Crippen LogP contribution >= 0.6 is 24.8 Å². The summed E-state index contributed by atoms with van der Waals surface area (Å²) in [7, 11) is 1.79. The molecule has 0 bridgehead atoms. The van der Waals surface area contributed by atoms with Gasteiger partial charge in [-0.3, -0.25) is 4.79 Å². The number of carbonyl (C=O) groups is 1. The Bertz CT molecular complexity index is 739. The van der Waals surface area contributed by atoms with E-state index in [1.165, 1.54) is 0 Å². The molecule has 0 radical (unpaired) electrons. The Hall–Kier alpha value is -2.02. The molecule has 156 valence electrons. The van der Waals surface area contributed by atoms with Crippen LogP contribution in [0.5, 0.6) is 5.75 Å². The van der Waals surface area contributed by atoms with Gasteiger partial charge in [-0.2, -0.15) is 0 Å². The van der Waals surface area contributed by atoms with Crippen molar-refractivity contribution < 1.29 is 9.53 Å². The van der Waals surface area contributed by atoms with Crippen molar-refractivity contribution in [3.63, 3.8) is 0 Å². The second-order valence-corrected chi connectivity index (χ2v) is 7.01. The lowest BCUT2D eigenvalue weighted by Crippen LogP contribution is -2.40. The summed E-state index contributed by atoms with van der Waals surface area (Å²) in [6.07, 6.45) is 1.66. The van der Waals surface area contributed by atoms with Gasteiger partial charge < -0.3 is 20.7 Å². The average Bonchev–Trinajstić information content (AvgIpc) is 2.63. The van der Waals surface area contributed by atoms with Crippen molar-refractivity contribution in [3.05, 3.63) is 48.2 Å². The van der Waals surface area contributed by atoms with Gasteiger partial charge in [-0.25, -0.2) is 4.98 Å². The molecular formula is C20H30Cl2N4O2. The topological polar surface area (TPSA) is 80.5 Å². The minimum atomic E-state index is -0.144. The SMILES string of the molecule is CCOc1ccc(Nc2ncccc2C(=O)N(C)CC(C)(C)CN)cc1.Cl.Cl.